The van der Waals surface area contributed by atoms with Crippen LogP contribution in [0.2, 0.25) is 0 Å². The summed E-state index contributed by atoms with van der Waals surface area (Å²) in [6.45, 7) is 2.59. The SMILES string of the molecule is COCC(=O)N1C[C@H]2C[C@@H](n3cc(-c4ccncc4)nn3)[C@H](OCC3CC3)C[C@H]2C1. The number of carbonyl (C=O) groups is 1. The summed E-state index contributed by atoms with van der Waals surface area (Å²) < 4.78 is 13.5. The molecule has 1 amide bonds. The lowest BCUT2D eigenvalue weighted by molar-refractivity contribution is -0.134. The first-order chi connectivity index (χ1) is 14.7. The molecule has 0 aromatic carbocycles. The third kappa shape index (κ3) is 4.11. The van der Waals surface area contributed by atoms with Crippen LogP contribution in [0.4, 0.5) is 0 Å². The second-order valence-corrected chi connectivity index (χ2v) is 8.93. The minimum absolute atomic E-state index is 0.0830. The lowest BCUT2D eigenvalue weighted by Gasteiger charge is -2.37. The van der Waals surface area contributed by atoms with E-state index >= 15 is 0 Å². The quantitative estimate of drug-likeness (QED) is 0.695. The Morgan fingerprint density at radius 3 is 2.67 bits per heavy atom. The van der Waals surface area contributed by atoms with Crippen LogP contribution >= 0.6 is 0 Å². The number of pyridine rings is 1. The first kappa shape index (κ1) is 19.6. The lowest BCUT2D eigenvalue weighted by Crippen LogP contribution is -2.38. The number of aromatic nitrogens is 4. The van der Waals surface area contributed by atoms with Gasteiger partial charge >= 0.3 is 0 Å². The highest BCUT2D eigenvalue weighted by atomic mass is 16.5. The van der Waals surface area contributed by atoms with Gasteiger partial charge in [0.15, 0.2) is 0 Å². The second-order valence-electron chi connectivity index (χ2n) is 8.93. The summed E-state index contributed by atoms with van der Waals surface area (Å²) >= 11 is 0. The first-order valence-electron chi connectivity index (χ1n) is 10.9. The molecule has 3 aliphatic rings. The molecule has 2 aromatic heterocycles. The number of hydrogen-bond donors (Lipinski definition) is 0. The van der Waals surface area contributed by atoms with Crippen molar-refractivity contribution < 1.29 is 14.3 Å². The molecular weight excluding hydrogens is 382 g/mol. The molecule has 0 N–H and O–H groups in total. The normalized spacial score (nSPS) is 28.5. The maximum Gasteiger partial charge on any atom is 0.248 e. The average Bonchev–Trinajstić information content (AvgIpc) is 3.30. The minimum Gasteiger partial charge on any atom is -0.376 e. The van der Waals surface area contributed by atoms with Crippen LogP contribution in [0.1, 0.15) is 31.7 Å². The topological polar surface area (TPSA) is 82.4 Å². The summed E-state index contributed by atoms with van der Waals surface area (Å²) in [5.41, 5.74) is 1.86. The third-order valence-corrected chi connectivity index (χ3v) is 6.77. The number of rotatable bonds is 7. The Morgan fingerprint density at radius 2 is 1.93 bits per heavy atom. The van der Waals surface area contributed by atoms with Gasteiger partial charge in [0.05, 0.1) is 18.3 Å². The van der Waals surface area contributed by atoms with E-state index in [1.807, 2.05) is 27.9 Å². The van der Waals surface area contributed by atoms with Crippen LogP contribution in [0, 0.1) is 17.8 Å². The summed E-state index contributed by atoms with van der Waals surface area (Å²) in [4.78, 5) is 18.4. The van der Waals surface area contributed by atoms with E-state index in [-0.39, 0.29) is 24.7 Å². The van der Waals surface area contributed by atoms with Crippen molar-refractivity contribution in [3.8, 4) is 11.3 Å². The smallest absolute Gasteiger partial charge is 0.248 e. The van der Waals surface area contributed by atoms with Crippen LogP contribution in [-0.4, -0.2) is 70.3 Å². The number of methoxy groups -OCH3 is 1. The summed E-state index contributed by atoms with van der Waals surface area (Å²) in [5, 5.41) is 8.88. The average molecular weight is 412 g/mol. The van der Waals surface area contributed by atoms with Gasteiger partial charge in [-0.25, -0.2) is 4.68 Å². The molecule has 4 atom stereocenters. The number of likely N-dealkylation sites (tertiary alicyclic amines) is 1. The Kier molecular flexibility index (Phi) is 5.52. The van der Waals surface area contributed by atoms with Gasteiger partial charge in [-0.1, -0.05) is 5.21 Å². The van der Waals surface area contributed by atoms with Crippen LogP contribution in [0.5, 0.6) is 0 Å². The van der Waals surface area contributed by atoms with E-state index < -0.39 is 0 Å². The van der Waals surface area contributed by atoms with Crippen molar-refractivity contribution in [2.75, 3.05) is 33.4 Å². The van der Waals surface area contributed by atoms with E-state index in [9.17, 15) is 4.79 Å². The number of hydrogen-bond acceptors (Lipinski definition) is 6. The van der Waals surface area contributed by atoms with Gasteiger partial charge in [-0.15, -0.1) is 5.10 Å². The molecule has 0 bridgehead atoms. The van der Waals surface area contributed by atoms with E-state index in [0.717, 1.165) is 49.7 Å². The van der Waals surface area contributed by atoms with Gasteiger partial charge in [0.1, 0.15) is 12.3 Å². The Balaban J connectivity index is 1.34. The highest BCUT2D eigenvalue weighted by Crippen LogP contribution is 2.43. The van der Waals surface area contributed by atoms with Gasteiger partial charge in [-0.3, -0.25) is 9.78 Å². The molecule has 0 unspecified atom stereocenters. The zero-order valence-corrected chi connectivity index (χ0v) is 17.4. The van der Waals surface area contributed by atoms with Gasteiger partial charge in [-0.05, 0) is 55.6 Å². The molecule has 1 saturated heterocycles. The van der Waals surface area contributed by atoms with Gasteiger partial charge in [0.2, 0.25) is 5.91 Å². The summed E-state index contributed by atoms with van der Waals surface area (Å²) in [6, 6.07) is 4.04. The molecule has 160 valence electrons. The Hall–Kier alpha value is -2.32. The fraction of sp³-hybridized carbons (Fsp3) is 0.636. The standard InChI is InChI=1S/C22H29N5O3/c1-29-14-22(28)26-10-17-8-20(21(9-18(17)11-26)30-13-15-2-3-15)27-12-19(24-25-27)16-4-6-23-7-5-16/h4-7,12,15,17-18,20-21H,2-3,8-11,13-14H2,1H3/t17-,18+,20-,21-/m1/s1. The monoisotopic (exact) mass is 411 g/mol. The highest BCUT2D eigenvalue weighted by Gasteiger charge is 2.45. The van der Waals surface area contributed by atoms with Crippen LogP contribution in [0.3, 0.4) is 0 Å². The number of nitrogens with zero attached hydrogens (tertiary/aromatic N) is 5. The number of carbonyl (C=O) groups excluding carboxylic acids is 1. The number of amides is 1. The van der Waals surface area contributed by atoms with E-state index in [0.29, 0.717) is 11.8 Å². The van der Waals surface area contributed by atoms with Crippen LogP contribution in [0.25, 0.3) is 11.3 Å². The van der Waals surface area contributed by atoms with Crippen molar-refractivity contribution in [1.82, 2.24) is 24.9 Å². The Labute approximate surface area is 176 Å². The predicted octanol–water partition coefficient (Wildman–Crippen LogP) is 2.19. The fourth-order valence-electron chi connectivity index (χ4n) is 4.90. The molecular formula is C22H29N5O3. The van der Waals surface area contributed by atoms with Crippen molar-refractivity contribution in [3.63, 3.8) is 0 Å². The molecule has 3 fully saturated rings. The third-order valence-electron chi connectivity index (χ3n) is 6.77. The molecule has 2 aromatic rings. The lowest BCUT2D eigenvalue weighted by atomic mass is 9.77. The molecule has 30 heavy (non-hydrogen) atoms. The molecule has 8 heteroatoms. The van der Waals surface area contributed by atoms with Crippen LogP contribution < -0.4 is 0 Å². The molecule has 1 aliphatic heterocycles. The second kappa shape index (κ2) is 8.43. The molecule has 2 saturated carbocycles. The van der Waals surface area contributed by atoms with Crippen LogP contribution in [-0.2, 0) is 14.3 Å². The highest BCUT2D eigenvalue weighted by molar-refractivity contribution is 5.77. The summed E-state index contributed by atoms with van der Waals surface area (Å²) in [6.07, 6.45) is 10.1. The zero-order valence-electron chi connectivity index (χ0n) is 17.4. The van der Waals surface area contributed by atoms with Crippen molar-refractivity contribution >= 4 is 5.91 Å². The molecule has 0 spiro atoms. The molecule has 2 aliphatic carbocycles. The Morgan fingerprint density at radius 1 is 1.17 bits per heavy atom. The number of fused-ring (bicyclic) bond motifs is 1. The number of ether oxygens (including phenoxy) is 2. The largest absolute Gasteiger partial charge is 0.376 e. The summed E-state index contributed by atoms with van der Waals surface area (Å²) in [7, 11) is 1.57. The van der Waals surface area contributed by atoms with Crippen molar-refractivity contribution in [2.24, 2.45) is 17.8 Å². The predicted molar refractivity (Wildman–Crippen MR) is 109 cm³/mol. The van der Waals surface area contributed by atoms with Crippen LogP contribution in [0.15, 0.2) is 30.7 Å². The van der Waals surface area contributed by atoms with Gasteiger partial charge in [-0.2, -0.15) is 0 Å². The maximum absolute atomic E-state index is 12.3. The zero-order chi connectivity index (χ0) is 20.5. The van der Waals surface area contributed by atoms with Gasteiger partial charge < -0.3 is 14.4 Å². The van der Waals surface area contributed by atoms with E-state index in [2.05, 4.69) is 15.3 Å². The maximum atomic E-state index is 12.3. The molecule has 3 heterocycles. The van der Waals surface area contributed by atoms with Crippen molar-refractivity contribution in [3.05, 3.63) is 30.7 Å². The minimum atomic E-state index is 0.0830. The van der Waals surface area contributed by atoms with Crippen molar-refractivity contribution in [2.45, 2.75) is 37.8 Å². The fourth-order valence-corrected chi connectivity index (χ4v) is 4.90. The van der Waals surface area contributed by atoms with Gasteiger partial charge in [0.25, 0.3) is 0 Å². The van der Waals surface area contributed by atoms with Gasteiger partial charge in [0, 0.05) is 44.8 Å². The summed E-state index contributed by atoms with van der Waals surface area (Å²) in [5.74, 6) is 1.74. The molecule has 8 nitrogen and oxygen atoms in total. The molecule has 5 rings (SSSR count). The first-order valence-corrected chi connectivity index (χ1v) is 10.9. The van der Waals surface area contributed by atoms with E-state index in [1.54, 1.807) is 19.5 Å². The molecule has 0 radical (unpaired) electrons. The van der Waals surface area contributed by atoms with E-state index in [4.69, 9.17) is 9.47 Å². The van der Waals surface area contributed by atoms with Crippen molar-refractivity contribution in [1.29, 1.82) is 0 Å². The Bertz CT molecular complexity index is 869. The van der Waals surface area contributed by atoms with E-state index in [1.165, 1.54) is 12.8 Å².